The monoisotopic (exact) mass is 377 g/mol. The molecular formula is C16H28Cl2CoN2-2. The molecule has 2 aliphatic heterocycles. The van der Waals surface area contributed by atoms with E-state index < -0.39 is 0 Å². The number of hydrogen-bond donors (Lipinski definition) is 0. The molecule has 127 valence electrons. The minimum absolute atomic E-state index is 0.382. The van der Waals surface area contributed by atoms with Gasteiger partial charge in [0.2, 0.25) is 0 Å². The van der Waals surface area contributed by atoms with Gasteiger partial charge in [0.15, 0.2) is 0 Å². The molecule has 0 saturated carbocycles. The quantitative estimate of drug-likeness (QED) is 0.530. The molecule has 0 unspecified atom stereocenters. The molecule has 0 aromatic heterocycles. The van der Waals surface area contributed by atoms with Gasteiger partial charge in [-0.25, -0.2) is 0 Å². The zero-order valence-electron chi connectivity index (χ0n) is 13.2. The molecule has 0 aromatic rings. The normalized spacial score (nSPS) is 17.8. The third kappa shape index (κ3) is 13.7. The topological polar surface area (TPSA) is 28.2 Å². The molecule has 2 heterocycles. The molecule has 5 heteroatoms. The van der Waals surface area contributed by atoms with Gasteiger partial charge in [-0.15, -0.1) is 19.6 Å². The molecular weight excluding hydrogens is 350 g/mol. The van der Waals surface area contributed by atoms with Crippen molar-refractivity contribution < 1.29 is 12.9 Å². The Balaban J connectivity index is 0.000000322. The van der Waals surface area contributed by atoms with Gasteiger partial charge in [-0.2, -0.15) is 6.20 Å². The first-order chi connectivity index (χ1) is 10.3. The van der Waals surface area contributed by atoms with Crippen LogP contribution in [0.25, 0.3) is 10.6 Å². The van der Waals surface area contributed by atoms with Crippen molar-refractivity contribution in [3.63, 3.8) is 0 Å². The number of hydrogen-bond acceptors (Lipinski definition) is 0. The number of halogens is 2. The fourth-order valence-corrected chi connectivity index (χ4v) is 2.42. The predicted molar refractivity (Wildman–Crippen MR) is 92.8 cm³/mol. The Morgan fingerprint density at radius 1 is 1.19 bits per heavy atom. The maximum absolute atomic E-state index is 4.73. The van der Waals surface area contributed by atoms with Gasteiger partial charge in [0, 0.05) is 0 Å². The third-order valence-electron chi connectivity index (χ3n) is 3.48. The van der Waals surface area contributed by atoms with Crippen LogP contribution in [-0.2, 0) is 12.9 Å². The molecule has 0 N–H and O–H groups in total. The van der Waals surface area contributed by atoms with E-state index in [-0.39, 0.29) is 0 Å². The van der Waals surface area contributed by atoms with Crippen LogP contribution in [0.5, 0.6) is 0 Å². The molecule has 21 heavy (non-hydrogen) atoms. The van der Waals surface area contributed by atoms with Crippen LogP contribution in [-0.4, -0.2) is 19.6 Å². The van der Waals surface area contributed by atoms with Crippen molar-refractivity contribution in [1.82, 2.24) is 0 Å². The molecule has 1 saturated heterocycles. The molecule has 0 amide bonds. The van der Waals surface area contributed by atoms with Gasteiger partial charge in [-0.05, 0) is 12.3 Å². The van der Waals surface area contributed by atoms with E-state index in [4.69, 9.17) is 20.3 Å². The van der Waals surface area contributed by atoms with Crippen LogP contribution in [0.2, 0.25) is 0 Å². The standard InChI is InChI=1S/C8H16N.C8H12N.2ClH.Co/c2*1-2-3-8-4-6-9-7-5-8;;;/h8H,2-7H2,1H3;4-6H,2-3,7H2,1H3;2*1H;/q2*-1;;;+2/p-2. The van der Waals surface area contributed by atoms with Gasteiger partial charge in [-0.3, -0.25) is 0 Å². The van der Waals surface area contributed by atoms with Gasteiger partial charge in [0.25, 0.3) is 0 Å². The fraction of sp³-hybridized carbons (Fsp3) is 0.750. The van der Waals surface area contributed by atoms with Crippen molar-refractivity contribution in [3.05, 3.63) is 34.6 Å². The Labute approximate surface area is 145 Å². The molecule has 2 aliphatic rings. The Morgan fingerprint density at radius 3 is 2.33 bits per heavy atom. The first kappa shape index (κ1) is 21.3. The van der Waals surface area contributed by atoms with Crippen molar-refractivity contribution in [2.24, 2.45) is 5.92 Å². The van der Waals surface area contributed by atoms with Crippen LogP contribution in [0.4, 0.5) is 0 Å². The molecule has 2 nitrogen and oxygen atoms in total. The van der Waals surface area contributed by atoms with Crippen LogP contribution >= 0.6 is 20.3 Å². The summed E-state index contributed by atoms with van der Waals surface area (Å²) in [5.74, 6) is 1.01. The third-order valence-corrected chi connectivity index (χ3v) is 3.48. The maximum atomic E-state index is 4.73. The first-order valence-electron chi connectivity index (χ1n) is 7.77. The molecule has 0 radical (unpaired) electrons. The number of nitrogens with zero attached hydrogens (tertiary/aromatic N) is 2. The Bertz CT molecular complexity index is 275. The van der Waals surface area contributed by atoms with Gasteiger partial charge in [-0.1, -0.05) is 63.7 Å². The molecule has 0 spiro atoms. The second kappa shape index (κ2) is 16.7. The predicted octanol–water partition coefficient (Wildman–Crippen LogP) is 6.56. The van der Waals surface area contributed by atoms with Gasteiger partial charge >= 0.3 is 33.2 Å². The van der Waals surface area contributed by atoms with Crippen LogP contribution in [0.15, 0.2) is 23.9 Å². The zero-order valence-corrected chi connectivity index (χ0v) is 15.7. The van der Waals surface area contributed by atoms with Crippen molar-refractivity contribution in [3.8, 4) is 0 Å². The summed E-state index contributed by atoms with van der Waals surface area (Å²) in [4.78, 5) is 0. The number of piperidine rings is 1. The average molecular weight is 378 g/mol. The van der Waals surface area contributed by atoms with Crippen molar-refractivity contribution in [1.29, 1.82) is 0 Å². The summed E-state index contributed by atoms with van der Waals surface area (Å²) < 4.78 is 0. The Hall–Kier alpha value is 0.326. The van der Waals surface area contributed by atoms with Gasteiger partial charge in [0.05, 0.1) is 0 Å². The second-order valence-corrected chi connectivity index (χ2v) is 6.88. The van der Waals surface area contributed by atoms with Crippen LogP contribution in [0, 0.1) is 5.92 Å². The van der Waals surface area contributed by atoms with E-state index in [0.717, 1.165) is 25.6 Å². The summed E-state index contributed by atoms with van der Waals surface area (Å²) in [6.45, 7) is 7.60. The summed E-state index contributed by atoms with van der Waals surface area (Å²) >= 11 is 0.382. The van der Waals surface area contributed by atoms with E-state index in [1.54, 1.807) is 0 Å². The van der Waals surface area contributed by atoms with Crippen LogP contribution in [0.3, 0.4) is 0 Å². The molecule has 0 atom stereocenters. The van der Waals surface area contributed by atoms with E-state index in [1.165, 1.54) is 44.1 Å². The van der Waals surface area contributed by atoms with Crippen molar-refractivity contribution >= 4 is 20.3 Å². The van der Waals surface area contributed by atoms with E-state index in [1.807, 2.05) is 6.20 Å². The van der Waals surface area contributed by atoms with Gasteiger partial charge < -0.3 is 10.6 Å². The van der Waals surface area contributed by atoms with E-state index in [0.29, 0.717) is 12.9 Å². The zero-order chi connectivity index (χ0) is 15.8. The number of rotatable bonds is 4. The summed E-state index contributed by atoms with van der Waals surface area (Å²) in [5, 5.41) is 8.36. The fourth-order valence-electron chi connectivity index (χ4n) is 2.42. The van der Waals surface area contributed by atoms with E-state index >= 15 is 0 Å². The summed E-state index contributed by atoms with van der Waals surface area (Å²) in [7, 11) is 9.47. The van der Waals surface area contributed by atoms with E-state index in [9.17, 15) is 0 Å². The molecule has 2 rings (SSSR count). The Morgan fingerprint density at radius 2 is 1.86 bits per heavy atom. The summed E-state index contributed by atoms with van der Waals surface area (Å²) in [6.07, 6.45) is 14.1. The second-order valence-electron chi connectivity index (χ2n) is 5.16. The number of allylic oxidation sites excluding steroid dienone is 2. The summed E-state index contributed by atoms with van der Waals surface area (Å²) in [6, 6.07) is 0. The van der Waals surface area contributed by atoms with Crippen molar-refractivity contribution in [2.45, 2.75) is 52.4 Å². The first-order valence-corrected chi connectivity index (χ1v) is 10.6. The summed E-state index contributed by atoms with van der Waals surface area (Å²) in [5.41, 5.74) is 1.44. The molecule has 0 aliphatic carbocycles. The molecule has 0 bridgehead atoms. The van der Waals surface area contributed by atoms with E-state index in [2.05, 4.69) is 36.6 Å². The minimum atomic E-state index is 0.382. The van der Waals surface area contributed by atoms with Crippen LogP contribution < -0.4 is 0 Å². The Kier molecular flexibility index (Phi) is 17.0. The van der Waals surface area contributed by atoms with Gasteiger partial charge in [0.1, 0.15) is 0 Å². The molecule has 1 fully saturated rings. The van der Waals surface area contributed by atoms with Crippen LogP contribution in [0.1, 0.15) is 52.4 Å². The molecule has 0 aromatic carbocycles. The average Bonchev–Trinajstić information content (AvgIpc) is 2.52. The van der Waals surface area contributed by atoms with Crippen molar-refractivity contribution in [2.75, 3.05) is 19.6 Å². The SMILES string of the molecule is CCCC1=CC[N-]C=C1.CCCC1CC[N-]CC1.[Cl][Co][Cl].